The molecular weight excluding hydrogens is 349 g/mol. The van der Waals surface area contributed by atoms with Gasteiger partial charge in [-0.05, 0) is 18.8 Å². The first-order valence-electron chi connectivity index (χ1n) is 9.00. The first-order valence-corrected chi connectivity index (χ1v) is 9.00. The average molecular weight is 380 g/mol. The normalized spacial score (nSPS) is 15.4. The highest BCUT2D eigenvalue weighted by atomic mass is 19.4. The standard InChI is InChI=1S/C18H31F3N2O3/c1-13(2)15(12-25)22-16(18(19,20)21)8-6-5-7-9-23(4)17(26)10-14(3)11-24/h11-16,22H,5-10H2,1-4H3. The van der Waals surface area contributed by atoms with Gasteiger partial charge in [0.25, 0.3) is 0 Å². The molecule has 1 N–H and O–H groups in total. The minimum Gasteiger partial charge on any atom is -0.346 e. The maximum absolute atomic E-state index is 13.1. The van der Waals surface area contributed by atoms with Crippen LogP contribution in [0, 0.1) is 11.8 Å². The zero-order valence-electron chi connectivity index (χ0n) is 16.0. The van der Waals surface area contributed by atoms with Gasteiger partial charge < -0.3 is 14.5 Å². The second-order valence-electron chi connectivity index (χ2n) is 7.15. The van der Waals surface area contributed by atoms with Crippen molar-refractivity contribution in [3.8, 4) is 0 Å². The molecule has 26 heavy (non-hydrogen) atoms. The van der Waals surface area contributed by atoms with Gasteiger partial charge in [-0.1, -0.05) is 33.6 Å². The van der Waals surface area contributed by atoms with E-state index in [9.17, 15) is 27.6 Å². The Morgan fingerprint density at radius 3 is 2.15 bits per heavy atom. The Morgan fingerprint density at radius 2 is 1.69 bits per heavy atom. The summed E-state index contributed by atoms with van der Waals surface area (Å²) < 4.78 is 39.4. The third kappa shape index (κ3) is 9.89. The number of halogens is 3. The summed E-state index contributed by atoms with van der Waals surface area (Å²) in [5, 5.41) is 2.40. The van der Waals surface area contributed by atoms with Crippen LogP contribution in [-0.2, 0) is 14.4 Å². The molecule has 0 aromatic carbocycles. The molecule has 3 atom stereocenters. The van der Waals surface area contributed by atoms with E-state index < -0.39 is 18.3 Å². The van der Waals surface area contributed by atoms with E-state index in [2.05, 4.69) is 5.32 Å². The Bertz CT molecular complexity index is 442. The summed E-state index contributed by atoms with van der Waals surface area (Å²) in [5.74, 6) is -0.703. The van der Waals surface area contributed by atoms with Crippen LogP contribution >= 0.6 is 0 Å². The van der Waals surface area contributed by atoms with Crippen molar-refractivity contribution in [1.29, 1.82) is 0 Å². The number of alkyl halides is 3. The molecule has 5 nitrogen and oxygen atoms in total. The average Bonchev–Trinajstić information content (AvgIpc) is 2.55. The monoisotopic (exact) mass is 380 g/mol. The van der Waals surface area contributed by atoms with Gasteiger partial charge in [0.1, 0.15) is 18.6 Å². The molecule has 1 amide bonds. The molecule has 0 aliphatic carbocycles. The van der Waals surface area contributed by atoms with E-state index in [1.54, 1.807) is 27.8 Å². The first-order chi connectivity index (χ1) is 12.0. The number of hydrogen-bond donors (Lipinski definition) is 1. The number of nitrogens with one attached hydrogen (secondary N) is 1. The summed E-state index contributed by atoms with van der Waals surface area (Å²) in [7, 11) is 1.62. The fraction of sp³-hybridized carbons (Fsp3) is 0.833. The van der Waals surface area contributed by atoms with E-state index in [1.807, 2.05) is 0 Å². The van der Waals surface area contributed by atoms with Gasteiger partial charge >= 0.3 is 6.18 Å². The highest BCUT2D eigenvalue weighted by Crippen LogP contribution is 2.25. The van der Waals surface area contributed by atoms with E-state index in [1.165, 1.54) is 4.90 Å². The Hall–Kier alpha value is -1.44. The van der Waals surface area contributed by atoms with Crippen molar-refractivity contribution in [2.75, 3.05) is 13.6 Å². The van der Waals surface area contributed by atoms with Crippen molar-refractivity contribution in [2.24, 2.45) is 11.8 Å². The number of unbranched alkanes of at least 4 members (excludes halogenated alkanes) is 2. The minimum absolute atomic E-state index is 0.111. The smallest absolute Gasteiger partial charge is 0.346 e. The number of carbonyl (C=O) groups is 3. The van der Waals surface area contributed by atoms with Gasteiger partial charge in [-0.15, -0.1) is 0 Å². The molecular formula is C18H31F3N2O3. The summed E-state index contributed by atoms with van der Waals surface area (Å²) in [6.45, 7) is 5.49. The molecule has 3 unspecified atom stereocenters. The molecule has 152 valence electrons. The van der Waals surface area contributed by atoms with Crippen LogP contribution in [0.3, 0.4) is 0 Å². The van der Waals surface area contributed by atoms with E-state index in [-0.39, 0.29) is 30.6 Å². The van der Waals surface area contributed by atoms with Crippen LogP contribution < -0.4 is 5.32 Å². The summed E-state index contributed by atoms with van der Waals surface area (Å²) in [6.07, 6.45) is -1.67. The summed E-state index contributed by atoms with van der Waals surface area (Å²) >= 11 is 0. The Morgan fingerprint density at radius 1 is 1.08 bits per heavy atom. The van der Waals surface area contributed by atoms with Crippen molar-refractivity contribution >= 4 is 18.5 Å². The largest absolute Gasteiger partial charge is 0.403 e. The molecule has 0 saturated heterocycles. The van der Waals surface area contributed by atoms with Crippen LogP contribution in [0.25, 0.3) is 0 Å². The van der Waals surface area contributed by atoms with Crippen molar-refractivity contribution in [3.05, 3.63) is 0 Å². The number of hydrogen-bond acceptors (Lipinski definition) is 4. The van der Waals surface area contributed by atoms with Crippen LogP contribution in [0.4, 0.5) is 13.2 Å². The quantitative estimate of drug-likeness (QED) is 0.394. The highest BCUT2D eigenvalue weighted by molar-refractivity contribution is 5.78. The lowest BCUT2D eigenvalue weighted by atomic mass is 10.0. The molecule has 0 heterocycles. The predicted molar refractivity (Wildman–Crippen MR) is 93.6 cm³/mol. The van der Waals surface area contributed by atoms with Gasteiger partial charge in [0.2, 0.25) is 5.91 Å². The van der Waals surface area contributed by atoms with Crippen LogP contribution in [0.15, 0.2) is 0 Å². The minimum atomic E-state index is -4.41. The molecule has 0 aromatic rings. The SMILES string of the molecule is CC(C=O)CC(=O)N(C)CCCCCC(NC(C=O)C(C)C)C(F)(F)F. The maximum Gasteiger partial charge on any atom is 0.403 e. The zero-order valence-corrected chi connectivity index (χ0v) is 16.0. The topological polar surface area (TPSA) is 66.5 Å². The van der Waals surface area contributed by atoms with Crippen molar-refractivity contribution in [2.45, 2.75) is 71.1 Å². The fourth-order valence-electron chi connectivity index (χ4n) is 2.44. The van der Waals surface area contributed by atoms with E-state index in [4.69, 9.17) is 0 Å². The fourth-order valence-corrected chi connectivity index (χ4v) is 2.44. The summed E-state index contributed by atoms with van der Waals surface area (Å²) in [6, 6.07) is -2.54. The molecule has 0 rings (SSSR count). The van der Waals surface area contributed by atoms with E-state index >= 15 is 0 Å². The molecule has 0 aliphatic rings. The molecule has 8 heteroatoms. The molecule has 0 aliphatic heterocycles. The highest BCUT2D eigenvalue weighted by Gasteiger charge is 2.40. The van der Waals surface area contributed by atoms with Gasteiger partial charge in [0.05, 0.1) is 6.04 Å². The maximum atomic E-state index is 13.1. The second kappa shape index (κ2) is 12.0. The molecule has 0 spiro atoms. The number of aldehydes is 2. The van der Waals surface area contributed by atoms with Gasteiger partial charge in [0.15, 0.2) is 0 Å². The molecule has 0 saturated carbocycles. The third-order valence-corrected chi connectivity index (χ3v) is 4.29. The third-order valence-electron chi connectivity index (χ3n) is 4.29. The van der Waals surface area contributed by atoms with Crippen molar-refractivity contribution in [3.63, 3.8) is 0 Å². The van der Waals surface area contributed by atoms with Crippen molar-refractivity contribution in [1.82, 2.24) is 10.2 Å². The lowest BCUT2D eigenvalue weighted by Crippen LogP contribution is -2.49. The van der Waals surface area contributed by atoms with Gasteiger partial charge in [0, 0.05) is 25.9 Å². The lowest BCUT2D eigenvalue weighted by molar-refractivity contribution is -0.160. The zero-order chi connectivity index (χ0) is 20.3. The van der Waals surface area contributed by atoms with Crippen molar-refractivity contribution < 1.29 is 27.6 Å². The van der Waals surface area contributed by atoms with Crippen LogP contribution in [0.2, 0.25) is 0 Å². The summed E-state index contributed by atoms with van der Waals surface area (Å²) in [4.78, 5) is 34.8. The Kier molecular flexibility index (Phi) is 11.4. The van der Waals surface area contributed by atoms with Gasteiger partial charge in [-0.2, -0.15) is 13.2 Å². The Balaban J connectivity index is 4.29. The van der Waals surface area contributed by atoms with Crippen LogP contribution in [-0.4, -0.2) is 55.2 Å². The second-order valence-corrected chi connectivity index (χ2v) is 7.15. The molecule has 0 aromatic heterocycles. The molecule has 0 fully saturated rings. The lowest BCUT2D eigenvalue weighted by Gasteiger charge is -2.26. The number of nitrogens with zero attached hydrogens (tertiary/aromatic N) is 1. The molecule has 0 bridgehead atoms. The Labute approximate surface area is 153 Å². The van der Waals surface area contributed by atoms with Gasteiger partial charge in [-0.25, -0.2) is 0 Å². The van der Waals surface area contributed by atoms with Gasteiger partial charge in [-0.3, -0.25) is 10.1 Å². The molecule has 0 radical (unpaired) electrons. The number of rotatable bonds is 13. The number of carbonyl (C=O) groups excluding carboxylic acids is 3. The van der Waals surface area contributed by atoms with Crippen LogP contribution in [0.5, 0.6) is 0 Å². The van der Waals surface area contributed by atoms with E-state index in [0.29, 0.717) is 32.1 Å². The van der Waals surface area contributed by atoms with E-state index in [0.717, 1.165) is 6.29 Å². The van der Waals surface area contributed by atoms with Crippen LogP contribution in [0.1, 0.15) is 52.9 Å². The first kappa shape index (κ1) is 24.6. The number of amides is 1. The predicted octanol–water partition coefficient (Wildman–Crippen LogP) is 2.97. The summed E-state index contributed by atoms with van der Waals surface area (Å²) in [5.41, 5.74) is 0.